The van der Waals surface area contributed by atoms with Crippen molar-refractivity contribution in [2.24, 2.45) is 0 Å². The number of aromatic hydroxyl groups is 2. The molecule has 1 atom stereocenters. The van der Waals surface area contributed by atoms with E-state index in [2.05, 4.69) is 10.6 Å². The molecule has 0 saturated heterocycles. The molecule has 2 aromatic rings. The van der Waals surface area contributed by atoms with Gasteiger partial charge >= 0.3 is 12.0 Å². The van der Waals surface area contributed by atoms with Gasteiger partial charge in [-0.05, 0) is 25.8 Å². The minimum Gasteiger partial charge on any atom is -0.507 e. The van der Waals surface area contributed by atoms with Crippen molar-refractivity contribution in [2.45, 2.75) is 44.8 Å². The largest absolute Gasteiger partial charge is 0.507 e. The van der Waals surface area contributed by atoms with Crippen LogP contribution in [-0.4, -0.2) is 40.3 Å². The normalized spacial score (nSPS) is 15.2. The summed E-state index contributed by atoms with van der Waals surface area (Å²) in [5, 5.41) is 25.9. The van der Waals surface area contributed by atoms with Crippen molar-refractivity contribution in [2.75, 3.05) is 0 Å². The molecule has 8 nitrogen and oxygen atoms in total. The number of urea groups is 1. The first-order chi connectivity index (χ1) is 13.4. The lowest BCUT2D eigenvalue weighted by molar-refractivity contribution is -0.127. The molecule has 28 heavy (non-hydrogen) atoms. The molecule has 0 radical (unpaired) electrons. The topological polar surface area (TPSA) is 125 Å². The number of carbonyl (C=O) groups is 3. The van der Waals surface area contributed by atoms with Gasteiger partial charge in [-0.1, -0.05) is 37.1 Å². The summed E-state index contributed by atoms with van der Waals surface area (Å²) in [5.74, 6) is -2.33. The van der Waals surface area contributed by atoms with E-state index in [1.54, 1.807) is 24.3 Å². The Morgan fingerprint density at radius 2 is 1.75 bits per heavy atom. The molecule has 3 amide bonds. The number of phenolic OH excluding ortho intramolecular Hbond substituents is 2. The Kier molecular flexibility index (Phi) is 5.67. The van der Waals surface area contributed by atoms with Crippen LogP contribution in [0.3, 0.4) is 0 Å². The third-order valence-electron chi connectivity index (χ3n) is 4.79. The number of hydrogen-bond donors (Lipinski definition) is 4. The molecule has 0 unspecified atom stereocenters. The molecule has 3 rings (SSSR count). The Morgan fingerprint density at radius 1 is 1.11 bits per heavy atom. The number of hydrogen-bond acceptors (Lipinski definition) is 6. The summed E-state index contributed by atoms with van der Waals surface area (Å²) in [7, 11) is 0. The van der Waals surface area contributed by atoms with Crippen molar-refractivity contribution in [3.63, 3.8) is 0 Å². The lowest BCUT2D eigenvalue weighted by atomic mass is 10.0. The number of ether oxygens (including phenoxy) is 1. The summed E-state index contributed by atoms with van der Waals surface area (Å²) >= 11 is 0. The van der Waals surface area contributed by atoms with Gasteiger partial charge in [-0.25, -0.2) is 9.59 Å². The van der Waals surface area contributed by atoms with Crippen molar-refractivity contribution in [3.05, 3.63) is 35.9 Å². The maximum absolute atomic E-state index is 12.4. The first-order valence-corrected chi connectivity index (χ1v) is 9.13. The average Bonchev–Trinajstić information content (AvgIpc) is 3.17. The van der Waals surface area contributed by atoms with E-state index in [-0.39, 0.29) is 28.5 Å². The second-order valence-electron chi connectivity index (χ2n) is 6.83. The zero-order chi connectivity index (χ0) is 20.3. The van der Waals surface area contributed by atoms with Gasteiger partial charge in [0.25, 0.3) is 5.91 Å². The van der Waals surface area contributed by atoms with Crippen molar-refractivity contribution < 1.29 is 29.3 Å². The number of esters is 1. The Balaban J connectivity index is 1.65. The summed E-state index contributed by atoms with van der Waals surface area (Å²) < 4.78 is 5.05. The molecule has 0 bridgehead atoms. The molecule has 1 aliphatic carbocycles. The summed E-state index contributed by atoms with van der Waals surface area (Å²) in [6.07, 6.45) is 2.55. The molecule has 1 aliphatic rings. The van der Waals surface area contributed by atoms with Gasteiger partial charge in [0.15, 0.2) is 6.10 Å². The molecule has 8 heteroatoms. The smallest absolute Gasteiger partial charge is 0.342 e. The minimum absolute atomic E-state index is 0.0446. The number of amides is 3. The van der Waals surface area contributed by atoms with Crippen molar-refractivity contribution >= 4 is 28.7 Å². The number of imide groups is 1. The third-order valence-corrected chi connectivity index (χ3v) is 4.79. The minimum atomic E-state index is -1.27. The highest BCUT2D eigenvalue weighted by molar-refractivity contribution is 6.04. The van der Waals surface area contributed by atoms with Crippen LogP contribution < -0.4 is 10.6 Å². The van der Waals surface area contributed by atoms with E-state index in [1.807, 2.05) is 0 Å². The first kappa shape index (κ1) is 19.5. The Hall–Kier alpha value is -3.29. The van der Waals surface area contributed by atoms with Crippen molar-refractivity contribution in [1.29, 1.82) is 0 Å². The van der Waals surface area contributed by atoms with Crippen LogP contribution in [0.1, 0.15) is 43.0 Å². The van der Waals surface area contributed by atoms with Crippen LogP contribution >= 0.6 is 0 Å². The van der Waals surface area contributed by atoms with Gasteiger partial charge in [0.1, 0.15) is 17.1 Å². The molecule has 148 valence electrons. The fraction of sp³-hybridized carbons (Fsp3) is 0.350. The van der Waals surface area contributed by atoms with Crippen LogP contribution in [0.4, 0.5) is 4.79 Å². The van der Waals surface area contributed by atoms with E-state index in [1.165, 1.54) is 6.92 Å². The molecule has 0 aliphatic heterocycles. The second-order valence-corrected chi connectivity index (χ2v) is 6.83. The van der Waals surface area contributed by atoms with Gasteiger partial charge in [0.2, 0.25) is 0 Å². The molecular weight excluding hydrogens is 364 g/mol. The van der Waals surface area contributed by atoms with E-state index < -0.39 is 24.0 Å². The summed E-state index contributed by atoms with van der Waals surface area (Å²) in [5.41, 5.74) is -0.272. The molecular formula is C20H22N2O6. The summed E-state index contributed by atoms with van der Waals surface area (Å²) in [4.78, 5) is 36.3. The van der Waals surface area contributed by atoms with E-state index in [0.29, 0.717) is 5.39 Å². The fourth-order valence-electron chi connectivity index (χ4n) is 3.28. The second kappa shape index (κ2) is 8.16. The number of carbonyl (C=O) groups excluding carboxylic acids is 3. The molecule has 1 saturated carbocycles. The molecule has 0 heterocycles. The maximum atomic E-state index is 12.4. The van der Waals surface area contributed by atoms with Crippen LogP contribution in [0.5, 0.6) is 11.5 Å². The number of phenols is 2. The lowest BCUT2D eigenvalue weighted by Gasteiger charge is -2.16. The van der Waals surface area contributed by atoms with Gasteiger partial charge < -0.3 is 20.3 Å². The summed E-state index contributed by atoms with van der Waals surface area (Å²) in [6, 6.07) is 6.97. The van der Waals surface area contributed by atoms with Gasteiger partial charge in [0.05, 0.1) is 0 Å². The highest BCUT2D eigenvalue weighted by Gasteiger charge is 2.25. The fourth-order valence-corrected chi connectivity index (χ4v) is 3.28. The van der Waals surface area contributed by atoms with Crippen LogP contribution in [-0.2, 0) is 9.53 Å². The molecule has 4 N–H and O–H groups in total. The SMILES string of the molecule is C[C@H](OC(=O)c1cc(O)c2ccccc2c1O)C(=O)NC(=O)NC1CCCC1. The van der Waals surface area contributed by atoms with E-state index in [9.17, 15) is 24.6 Å². The third kappa shape index (κ3) is 4.16. The maximum Gasteiger partial charge on any atom is 0.342 e. The molecule has 0 aromatic heterocycles. The highest BCUT2D eigenvalue weighted by Crippen LogP contribution is 2.35. The number of benzene rings is 2. The van der Waals surface area contributed by atoms with Gasteiger partial charge in [-0.15, -0.1) is 0 Å². The quantitative estimate of drug-likeness (QED) is 0.473. The van der Waals surface area contributed by atoms with Crippen LogP contribution in [0, 0.1) is 0 Å². The predicted octanol–water partition coefficient (Wildman–Crippen LogP) is 2.56. The van der Waals surface area contributed by atoms with Crippen LogP contribution in [0.2, 0.25) is 0 Å². The van der Waals surface area contributed by atoms with Crippen LogP contribution in [0.25, 0.3) is 10.8 Å². The molecule has 2 aromatic carbocycles. The lowest BCUT2D eigenvalue weighted by Crippen LogP contribution is -2.47. The first-order valence-electron chi connectivity index (χ1n) is 9.13. The number of fused-ring (bicyclic) bond motifs is 1. The van der Waals surface area contributed by atoms with Gasteiger partial charge in [-0.3, -0.25) is 10.1 Å². The van der Waals surface area contributed by atoms with E-state index >= 15 is 0 Å². The summed E-state index contributed by atoms with van der Waals surface area (Å²) in [6.45, 7) is 1.31. The zero-order valence-electron chi connectivity index (χ0n) is 15.4. The molecule has 1 fully saturated rings. The number of nitrogens with one attached hydrogen (secondary N) is 2. The van der Waals surface area contributed by atoms with Gasteiger partial charge in [0, 0.05) is 16.8 Å². The Bertz CT molecular complexity index is 920. The number of rotatable bonds is 4. The van der Waals surface area contributed by atoms with Crippen molar-refractivity contribution in [3.8, 4) is 11.5 Å². The van der Waals surface area contributed by atoms with E-state index in [0.717, 1.165) is 31.7 Å². The highest BCUT2D eigenvalue weighted by atomic mass is 16.5. The zero-order valence-corrected chi connectivity index (χ0v) is 15.4. The Labute approximate surface area is 161 Å². The van der Waals surface area contributed by atoms with Gasteiger partial charge in [-0.2, -0.15) is 0 Å². The molecule has 0 spiro atoms. The Morgan fingerprint density at radius 3 is 2.43 bits per heavy atom. The standard InChI is InChI=1S/C20H22N2O6/c1-11(18(25)22-20(27)21-12-6-2-3-7-12)28-19(26)15-10-16(23)13-8-4-5-9-14(13)17(15)24/h4-5,8-12,23-24H,2-3,6-7H2,1H3,(H2,21,22,25,27)/t11-/m0/s1. The monoisotopic (exact) mass is 386 g/mol. The van der Waals surface area contributed by atoms with Crippen LogP contribution in [0.15, 0.2) is 30.3 Å². The van der Waals surface area contributed by atoms with E-state index in [4.69, 9.17) is 4.74 Å². The van der Waals surface area contributed by atoms with Crippen molar-refractivity contribution in [1.82, 2.24) is 10.6 Å². The predicted molar refractivity (Wildman–Crippen MR) is 101 cm³/mol. The average molecular weight is 386 g/mol.